The van der Waals surface area contributed by atoms with Crippen LogP contribution in [0.5, 0.6) is 0 Å². The van der Waals surface area contributed by atoms with Gasteiger partial charge >= 0.3 is 0 Å². The van der Waals surface area contributed by atoms with Crippen LogP contribution in [0.25, 0.3) is 0 Å². The average Bonchev–Trinajstić information content (AvgIpc) is 2.27. The molecule has 2 N–H and O–H groups in total. The third-order valence-corrected chi connectivity index (χ3v) is 4.26. The van der Waals surface area contributed by atoms with E-state index in [0.29, 0.717) is 24.2 Å². The summed E-state index contributed by atoms with van der Waals surface area (Å²) < 4.78 is 0. The topological polar surface area (TPSA) is 46.3 Å². The molecule has 0 aliphatic carbocycles. The molecule has 1 heterocycles. The zero-order valence-corrected chi connectivity index (χ0v) is 13.1. The Labute approximate surface area is 118 Å². The minimum Gasteiger partial charge on any atom is -0.343 e. The van der Waals surface area contributed by atoms with Crippen LogP contribution in [0.3, 0.4) is 0 Å². The first-order chi connectivity index (χ1) is 7.84. The summed E-state index contributed by atoms with van der Waals surface area (Å²) in [5, 5.41) is 0. The van der Waals surface area contributed by atoms with Gasteiger partial charge in [-0.1, -0.05) is 27.7 Å². The first kappa shape index (κ1) is 17.7. The van der Waals surface area contributed by atoms with E-state index in [2.05, 4.69) is 27.7 Å². The number of rotatable bonds is 3. The number of carbonyl (C=O) groups excluding carboxylic acids is 1. The number of carbonyl (C=O) groups is 1. The molecule has 0 aromatic heterocycles. The van der Waals surface area contributed by atoms with Gasteiger partial charge in [-0.3, -0.25) is 4.79 Å². The van der Waals surface area contributed by atoms with Crippen LogP contribution < -0.4 is 5.73 Å². The second-order valence-corrected chi connectivity index (χ2v) is 6.53. The third kappa shape index (κ3) is 5.15. The summed E-state index contributed by atoms with van der Waals surface area (Å²) in [7, 11) is 0. The lowest BCUT2D eigenvalue weighted by Gasteiger charge is -2.34. The van der Waals surface area contributed by atoms with E-state index in [1.54, 1.807) is 0 Å². The van der Waals surface area contributed by atoms with Crippen LogP contribution >= 0.6 is 12.4 Å². The molecule has 18 heavy (non-hydrogen) atoms. The Morgan fingerprint density at radius 1 is 1.33 bits per heavy atom. The van der Waals surface area contributed by atoms with Crippen molar-refractivity contribution in [1.29, 1.82) is 0 Å². The second-order valence-electron chi connectivity index (χ2n) is 6.53. The van der Waals surface area contributed by atoms with E-state index in [-0.39, 0.29) is 17.8 Å². The van der Waals surface area contributed by atoms with Crippen molar-refractivity contribution in [1.82, 2.24) is 4.90 Å². The van der Waals surface area contributed by atoms with Crippen LogP contribution in [0, 0.1) is 17.3 Å². The Kier molecular flexibility index (Phi) is 7.23. The molecular formula is C14H29ClN2O. The Hall–Kier alpha value is -0.280. The largest absolute Gasteiger partial charge is 0.343 e. The summed E-state index contributed by atoms with van der Waals surface area (Å²) in [5.74, 6) is 1.38. The van der Waals surface area contributed by atoms with Gasteiger partial charge < -0.3 is 10.6 Å². The van der Waals surface area contributed by atoms with Crippen LogP contribution in [0.4, 0.5) is 0 Å². The lowest BCUT2D eigenvalue weighted by molar-refractivity contribution is -0.134. The van der Waals surface area contributed by atoms with Crippen molar-refractivity contribution in [3.63, 3.8) is 0 Å². The molecule has 1 saturated heterocycles. The average molecular weight is 277 g/mol. The highest BCUT2D eigenvalue weighted by atomic mass is 35.5. The molecule has 1 fully saturated rings. The maximum absolute atomic E-state index is 12.1. The predicted molar refractivity (Wildman–Crippen MR) is 78.8 cm³/mol. The number of nitrogens with two attached hydrogens (primary N) is 1. The zero-order valence-electron chi connectivity index (χ0n) is 12.2. The Bertz CT molecular complexity index is 255. The van der Waals surface area contributed by atoms with E-state index >= 15 is 0 Å². The molecular weight excluding hydrogens is 248 g/mol. The van der Waals surface area contributed by atoms with Crippen molar-refractivity contribution in [3.8, 4) is 0 Å². The van der Waals surface area contributed by atoms with Crippen molar-refractivity contribution in [2.75, 3.05) is 19.6 Å². The number of likely N-dealkylation sites (tertiary alicyclic amines) is 1. The maximum Gasteiger partial charge on any atom is 0.222 e. The highest BCUT2D eigenvalue weighted by Gasteiger charge is 2.27. The minimum atomic E-state index is 0. The SMILES string of the molecule is CC(CC(=O)N1CCC(CN)CC1)C(C)(C)C.Cl. The van der Waals surface area contributed by atoms with Gasteiger partial charge in [0.2, 0.25) is 5.91 Å². The molecule has 1 atom stereocenters. The Balaban J connectivity index is 0.00000289. The zero-order chi connectivity index (χ0) is 13.1. The molecule has 0 aromatic rings. The number of nitrogens with zero attached hydrogens (tertiary/aromatic N) is 1. The van der Waals surface area contributed by atoms with Gasteiger partial charge in [-0.2, -0.15) is 0 Å². The van der Waals surface area contributed by atoms with Crippen molar-refractivity contribution >= 4 is 18.3 Å². The normalized spacial score (nSPS) is 19.3. The van der Waals surface area contributed by atoms with Gasteiger partial charge in [0.1, 0.15) is 0 Å². The minimum absolute atomic E-state index is 0. The van der Waals surface area contributed by atoms with Crippen LogP contribution in [0.1, 0.15) is 47.0 Å². The lowest BCUT2D eigenvalue weighted by atomic mass is 9.80. The lowest BCUT2D eigenvalue weighted by Crippen LogP contribution is -2.41. The Morgan fingerprint density at radius 2 is 1.83 bits per heavy atom. The monoisotopic (exact) mass is 276 g/mol. The third-order valence-electron chi connectivity index (χ3n) is 4.26. The van der Waals surface area contributed by atoms with Gasteiger partial charge in [-0.15, -0.1) is 12.4 Å². The van der Waals surface area contributed by atoms with Gasteiger partial charge in [-0.25, -0.2) is 0 Å². The van der Waals surface area contributed by atoms with Gasteiger partial charge in [0.25, 0.3) is 0 Å². The molecule has 1 aliphatic rings. The molecule has 3 nitrogen and oxygen atoms in total. The summed E-state index contributed by atoms with van der Waals surface area (Å²) in [6.45, 7) is 11.3. The molecule has 4 heteroatoms. The van der Waals surface area contributed by atoms with Crippen molar-refractivity contribution in [2.45, 2.75) is 47.0 Å². The van der Waals surface area contributed by atoms with Gasteiger partial charge in [0, 0.05) is 19.5 Å². The van der Waals surface area contributed by atoms with Crippen LogP contribution in [0.15, 0.2) is 0 Å². The quantitative estimate of drug-likeness (QED) is 0.861. The molecule has 0 saturated carbocycles. The fourth-order valence-electron chi connectivity index (χ4n) is 2.12. The smallest absolute Gasteiger partial charge is 0.222 e. The van der Waals surface area contributed by atoms with Crippen molar-refractivity contribution < 1.29 is 4.79 Å². The number of hydrogen-bond acceptors (Lipinski definition) is 2. The van der Waals surface area contributed by atoms with E-state index in [4.69, 9.17) is 5.73 Å². The molecule has 1 amide bonds. The molecule has 1 aliphatic heterocycles. The molecule has 108 valence electrons. The first-order valence-corrected chi connectivity index (χ1v) is 6.82. The molecule has 0 radical (unpaired) electrons. The number of hydrogen-bond donors (Lipinski definition) is 1. The summed E-state index contributed by atoms with van der Waals surface area (Å²) in [4.78, 5) is 14.2. The fraction of sp³-hybridized carbons (Fsp3) is 0.929. The molecule has 0 bridgehead atoms. The van der Waals surface area contributed by atoms with Crippen LogP contribution in [-0.2, 0) is 4.79 Å². The highest BCUT2D eigenvalue weighted by molar-refractivity contribution is 5.85. The van der Waals surface area contributed by atoms with Gasteiger partial charge in [0.15, 0.2) is 0 Å². The summed E-state index contributed by atoms with van der Waals surface area (Å²) in [6.07, 6.45) is 2.83. The predicted octanol–water partition coefficient (Wildman–Crippen LogP) is 2.68. The van der Waals surface area contributed by atoms with Gasteiger partial charge in [-0.05, 0) is 36.6 Å². The standard InChI is InChI=1S/C14H28N2O.ClH/c1-11(14(2,3)4)9-13(17)16-7-5-12(10-15)6-8-16;/h11-12H,5-10,15H2,1-4H3;1H. The summed E-state index contributed by atoms with van der Waals surface area (Å²) in [6, 6.07) is 0. The first-order valence-electron chi connectivity index (χ1n) is 6.82. The van der Waals surface area contributed by atoms with E-state index in [9.17, 15) is 4.79 Å². The van der Waals surface area contributed by atoms with E-state index < -0.39 is 0 Å². The second kappa shape index (κ2) is 7.34. The Morgan fingerprint density at radius 3 is 2.22 bits per heavy atom. The molecule has 0 spiro atoms. The van der Waals surface area contributed by atoms with E-state index in [0.717, 1.165) is 32.5 Å². The van der Waals surface area contributed by atoms with Crippen LogP contribution in [-0.4, -0.2) is 30.4 Å². The maximum atomic E-state index is 12.1. The molecule has 1 unspecified atom stereocenters. The van der Waals surface area contributed by atoms with E-state index in [1.165, 1.54) is 0 Å². The van der Waals surface area contributed by atoms with E-state index in [1.807, 2.05) is 4.90 Å². The molecule has 1 rings (SSSR count). The van der Waals surface area contributed by atoms with Gasteiger partial charge in [0.05, 0.1) is 0 Å². The summed E-state index contributed by atoms with van der Waals surface area (Å²) in [5.41, 5.74) is 5.87. The number of halogens is 1. The number of piperidine rings is 1. The summed E-state index contributed by atoms with van der Waals surface area (Å²) >= 11 is 0. The number of amides is 1. The fourth-order valence-corrected chi connectivity index (χ4v) is 2.12. The van der Waals surface area contributed by atoms with Crippen molar-refractivity contribution in [2.24, 2.45) is 23.0 Å². The van der Waals surface area contributed by atoms with Crippen molar-refractivity contribution in [3.05, 3.63) is 0 Å². The molecule has 0 aromatic carbocycles. The van der Waals surface area contributed by atoms with Crippen LogP contribution in [0.2, 0.25) is 0 Å². The highest BCUT2D eigenvalue weighted by Crippen LogP contribution is 2.29.